The van der Waals surface area contributed by atoms with Crippen molar-refractivity contribution in [2.24, 2.45) is 0 Å². The van der Waals surface area contributed by atoms with Crippen LogP contribution in [0.1, 0.15) is 69.8 Å². The van der Waals surface area contributed by atoms with Crippen LogP contribution in [0.25, 0.3) is 0 Å². The number of ether oxygens (including phenoxy) is 2. The Labute approximate surface area is 243 Å². The molecule has 0 radical (unpaired) electrons. The molecule has 2 rings (SSSR count). The number of amides is 3. The Morgan fingerprint density at radius 1 is 0.927 bits per heavy atom. The van der Waals surface area contributed by atoms with Crippen molar-refractivity contribution in [3.63, 3.8) is 0 Å². The minimum absolute atomic E-state index is 0.158. The van der Waals surface area contributed by atoms with Gasteiger partial charge in [-0.05, 0) is 72.1 Å². The van der Waals surface area contributed by atoms with Crippen LogP contribution in [-0.4, -0.2) is 52.6 Å². The monoisotopic (exact) mass is 563 g/mol. The molecule has 0 aliphatic rings. The highest BCUT2D eigenvalue weighted by Gasteiger charge is 2.36. The molecule has 2 aromatic carbocycles. The summed E-state index contributed by atoms with van der Waals surface area (Å²) in [4.78, 5) is 53.5. The molecule has 0 aromatic heterocycles. The second-order valence-electron chi connectivity index (χ2n) is 11.8. The van der Waals surface area contributed by atoms with E-state index in [1.165, 1.54) is 0 Å². The molecule has 220 valence electrons. The molecule has 9 nitrogen and oxygen atoms in total. The Bertz CT molecular complexity index is 1290. The third-order valence-corrected chi connectivity index (χ3v) is 5.71. The average molecular weight is 564 g/mol. The summed E-state index contributed by atoms with van der Waals surface area (Å²) in [5, 5.41) is 5.17. The lowest BCUT2D eigenvalue weighted by Gasteiger charge is -2.30. The molecule has 0 aliphatic heterocycles. The summed E-state index contributed by atoms with van der Waals surface area (Å²) in [5.41, 5.74) is 1.38. The molecule has 3 amide bonds. The van der Waals surface area contributed by atoms with Gasteiger partial charge >= 0.3 is 12.1 Å². The predicted molar refractivity (Wildman–Crippen MR) is 156 cm³/mol. The molecule has 9 heteroatoms. The number of aryl methyl sites for hydroxylation is 2. The molecule has 0 saturated carbocycles. The van der Waals surface area contributed by atoms with Crippen molar-refractivity contribution in [3.8, 4) is 12.5 Å². The fraction of sp³-hybridized carbons (Fsp3) is 0.438. The van der Waals surface area contributed by atoms with Crippen LogP contribution >= 0.6 is 0 Å². The van der Waals surface area contributed by atoms with Gasteiger partial charge in [0.25, 0.3) is 5.91 Å². The first kappa shape index (κ1) is 32.9. The average Bonchev–Trinajstić information content (AvgIpc) is 2.84. The summed E-state index contributed by atoms with van der Waals surface area (Å²) in [6, 6.07) is 14.5. The molecule has 2 unspecified atom stereocenters. The van der Waals surface area contributed by atoms with Crippen LogP contribution in [0.2, 0.25) is 0 Å². The Hall–Kier alpha value is -4.32. The molecule has 0 fully saturated rings. The normalized spacial score (nSPS) is 12.8. The van der Waals surface area contributed by atoms with Gasteiger partial charge in [0.15, 0.2) is 0 Å². The number of alkyl carbamates (subject to hydrolysis) is 1. The highest BCUT2D eigenvalue weighted by molar-refractivity contribution is 5.94. The van der Waals surface area contributed by atoms with Gasteiger partial charge in [-0.25, -0.2) is 9.59 Å². The van der Waals surface area contributed by atoms with E-state index in [-0.39, 0.29) is 6.42 Å². The number of nitrogens with zero attached hydrogens (tertiary/aromatic N) is 1. The van der Waals surface area contributed by atoms with E-state index in [2.05, 4.69) is 16.7 Å². The number of hydrogen-bond donors (Lipinski definition) is 2. The number of benzene rings is 2. The van der Waals surface area contributed by atoms with Crippen molar-refractivity contribution in [1.29, 1.82) is 0 Å². The van der Waals surface area contributed by atoms with Gasteiger partial charge in [-0.15, -0.1) is 0 Å². The van der Waals surface area contributed by atoms with E-state index in [1.54, 1.807) is 60.6 Å². The third kappa shape index (κ3) is 10.6. The summed E-state index contributed by atoms with van der Waals surface area (Å²) in [6.07, 6.45) is 5.13. The van der Waals surface area contributed by atoms with Gasteiger partial charge in [0.1, 0.15) is 29.8 Å². The first-order valence-electron chi connectivity index (χ1n) is 13.4. The van der Waals surface area contributed by atoms with Crippen molar-refractivity contribution < 1.29 is 28.7 Å². The second-order valence-corrected chi connectivity index (χ2v) is 11.8. The highest BCUT2D eigenvalue weighted by Crippen LogP contribution is 2.26. The number of terminal acetylenes is 1. The summed E-state index contributed by atoms with van der Waals surface area (Å²) in [7, 11) is 0. The van der Waals surface area contributed by atoms with Gasteiger partial charge in [-0.1, -0.05) is 60.5 Å². The number of esters is 1. The summed E-state index contributed by atoms with van der Waals surface area (Å²) in [6.45, 7) is 13.5. The van der Waals surface area contributed by atoms with Crippen LogP contribution in [0, 0.1) is 26.3 Å². The van der Waals surface area contributed by atoms with E-state index in [4.69, 9.17) is 15.9 Å². The van der Waals surface area contributed by atoms with E-state index in [0.29, 0.717) is 5.56 Å². The third-order valence-electron chi connectivity index (χ3n) is 5.71. The lowest BCUT2D eigenvalue weighted by Crippen LogP contribution is -2.51. The van der Waals surface area contributed by atoms with E-state index < -0.39 is 53.7 Å². The topological polar surface area (TPSA) is 114 Å². The molecule has 0 spiro atoms. The number of carbonyl (C=O) groups is 4. The standard InChI is InChI=1S/C32H41N3O6/c1-10-35(26(36)20-33-30(39)41-32(7,8)9)27(24-17-16-21(2)18-22(24)3)28(37)34-25(29(38)40-31(4,5)6)19-23-14-12-11-13-15-23/h1,11-18,25,27H,19-20H2,2-9H3,(H,33,39)(H,34,37). The van der Waals surface area contributed by atoms with E-state index >= 15 is 0 Å². The first-order valence-corrected chi connectivity index (χ1v) is 13.4. The van der Waals surface area contributed by atoms with Gasteiger partial charge in [0.2, 0.25) is 5.91 Å². The van der Waals surface area contributed by atoms with Crippen LogP contribution in [0.4, 0.5) is 4.79 Å². The first-order chi connectivity index (χ1) is 19.0. The van der Waals surface area contributed by atoms with Gasteiger partial charge in [-0.2, -0.15) is 0 Å². The minimum atomic E-state index is -1.30. The Kier molecular flexibility index (Phi) is 11.1. The SMILES string of the molecule is C#CN(C(=O)CNC(=O)OC(C)(C)C)C(C(=O)NC(Cc1ccccc1)C(=O)OC(C)(C)C)c1ccc(C)cc1C. The van der Waals surface area contributed by atoms with Gasteiger partial charge in [0.05, 0.1) is 0 Å². The maximum Gasteiger partial charge on any atom is 0.408 e. The fourth-order valence-electron chi connectivity index (χ4n) is 4.03. The van der Waals surface area contributed by atoms with Crippen molar-refractivity contribution in [1.82, 2.24) is 15.5 Å². The van der Waals surface area contributed by atoms with Crippen LogP contribution in [-0.2, 0) is 30.3 Å². The number of rotatable bonds is 9. The van der Waals surface area contributed by atoms with Crippen molar-refractivity contribution in [3.05, 3.63) is 70.8 Å². The molecular weight excluding hydrogens is 522 g/mol. The van der Waals surface area contributed by atoms with Crippen molar-refractivity contribution >= 4 is 23.9 Å². The molecule has 2 N–H and O–H groups in total. The molecule has 0 aliphatic carbocycles. The zero-order chi connectivity index (χ0) is 31.0. The van der Waals surface area contributed by atoms with Gasteiger partial charge in [0, 0.05) is 12.5 Å². The highest BCUT2D eigenvalue weighted by atomic mass is 16.6. The molecule has 0 bridgehead atoms. The predicted octanol–water partition coefficient (Wildman–Crippen LogP) is 4.36. The fourth-order valence-corrected chi connectivity index (χ4v) is 4.03. The molecular formula is C32H41N3O6. The van der Waals surface area contributed by atoms with Gasteiger partial charge < -0.3 is 20.1 Å². The molecule has 2 aromatic rings. The minimum Gasteiger partial charge on any atom is -0.458 e. The lowest BCUT2D eigenvalue weighted by molar-refractivity contribution is -0.159. The van der Waals surface area contributed by atoms with Gasteiger partial charge in [-0.3, -0.25) is 14.5 Å². The summed E-state index contributed by atoms with van der Waals surface area (Å²) >= 11 is 0. The molecule has 2 atom stereocenters. The van der Waals surface area contributed by atoms with Crippen molar-refractivity contribution in [2.45, 2.75) is 85.1 Å². The lowest BCUT2D eigenvalue weighted by atomic mass is 9.96. The second kappa shape index (κ2) is 13.8. The molecule has 41 heavy (non-hydrogen) atoms. The number of carbonyl (C=O) groups excluding carboxylic acids is 4. The number of nitrogens with one attached hydrogen (secondary N) is 2. The number of hydrogen-bond acceptors (Lipinski definition) is 6. The summed E-state index contributed by atoms with van der Waals surface area (Å²) < 4.78 is 10.8. The maximum atomic E-state index is 14.0. The Balaban J connectivity index is 2.44. The Morgan fingerprint density at radius 2 is 1.54 bits per heavy atom. The smallest absolute Gasteiger partial charge is 0.408 e. The maximum absolute atomic E-state index is 14.0. The van der Waals surface area contributed by atoms with E-state index in [9.17, 15) is 19.2 Å². The van der Waals surface area contributed by atoms with Crippen LogP contribution < -0.4 is 10.6 Å². The van der Waals surface area contributed by atoms with Crippen LogP contribution in [0.5, 0.6) is 0 Å². The van der Waals surface area contributed by atoms with E-state index in [0.717, 1.165) is 21.6 Å². The molecule has 0 saturated heterocycles. The van der Waals surface area contributed by atoms with Crippen LogP contribution in [0.3, 0.4) is 0 Å². The van der Waals surface area contributed by atoms with Crippen molar-refractivity contribution in [2.75, 3.05) is 6.54 Å². The largest absolute Gasteiger partial charge is 0.458 e. The summed E-state index contributed by atoms with van der Waals surface area (Å²) in [5.74, 6) is -2.01. The molecule has 0 heterocycles. The Morgan fingerprint density at radius 3 is 2.07 bits per heavy atom. The zero-order valence-electron chi connectivity index (χ0n) is 25.2. The van der Waals surface area contributed by atoms with E-state index in [1.807, 2.05) is 43.3 Å². The quantitative estimate of drug-likeness (QED) is 0.266. The zero-order valence-corrected chi connectivity index (χ0v) is 25.2. The van der Waals surface area contributed by atoms with Crippen LogP contribution in [0.15, 0.2) is 48.5 Å².